The SMILES string of the molecule is COc1ccc(-c2ccc3c(c2)COC3=O)n2nc(C3(C(C)=O)CC3)nc12. The number of benzene rings is 1. The van der Waals surface area contributed by atoms with Crippen LogP contribution in [0.25, 0.3) is 16.9 Å². The molecule has 1 fully saturated rings. The fourth-order valence-electron chi connectivity index (χ4n) is 3.67. The number of ketones is 1. The van der Waals surface area contributed by atoms with E-state index < -0.39 is 5.41 Å². The second-order valence-electron chi connectivity index (χ2n) is 7.04. The van der Waals surface area contributed by atoms with Crippen molar-refractivity contribution < 1.29 is 19.1 Å². The molecule has 7 nitrogen and oxygen atoms in total. The Hall–Kier alpha value is -3.22. The Morgan fingerprint density at radius 3 is 2.78 bits per heavy atom. The van der Waals surface area contributed by atoms with Gasteiger partial charge in [0.05, 0.1) is 23.8 Å². The van der Waals surface area contributed by atoms with E-state index in [9.17, 15) is 9.59 Å². The van der Waals surface area contributed by atoms with Gasteiger partial charge in [0.1, 0.15) is 12.4 Å². The van der Waals surface area contributed by atoms with Crippen LogP contribution in [0.15, 0.2) is 30.3 Å². The van der Waals surface area contributed by atoms with Gasteiger partial charge in [0.15, 0.2) is 17.2 Å². The Bertz CT molecular complexity index is 1130. The second kappa shape index (κ2) is 5.39. The molecular weight excluding hydrogens is 346 g/mol. The van der Waals surface area contributed by atoms with Crippen molar-refractivity contribution in [3.63, 3.8) is 0 Å². The lowest BCUT2D eigenvalue weighted by atomic mass is 10.0. The number of hydrogen-bond donors (Lipinski definition) is 0. The largest absolute Gasteiger partial charge is 0.493 e. The van der Waals surface area contributed by atoms with E-state index in [1.54, 1.807) is 24.6 Å². The Balaban J connectivity index is 1.71. The van der Waals surface area contributed by atoms with Gasteiger partial charge in [-0.05, 0) is 44.0 Å². The van der Waals surface area contributed by atoms with E-state index in [1.165, 1.54) is 0 Å². The summed E-state index contributed by atoms with van der Waals surface area (Å²) in [5.41, 5.74) is 3.16. The molecule has 1 aromatic carbocycles. The molecule has 3 heterocycles. The van der Waals surface area contributed by atoms with Gasteiger partial charge in [-0.25, -0.2) is 14.3 Å². The summed E-state index contributed by atoms with van der Waals surface area (Å²) in [6.07, 6.45) is 1.55. The van der Waals surface area contributed by atoms with Crippen LogP contribution in [0.2, 0.25) is 0 Å². The lowest BCUT2D eigenvalue weighted by molar-refractivity contribution is -0.119. The van der Waals surface area contributed by atoms with Gasteiger partial charge in [-0.15, -0.1) is 5.10 Å². The van der Waals surface area contributed by atoms with Gasteiger partial charge in [0.25, 0.3) is 0 Å². The summed E-state index contributed by atoms with van der Waals surface area (Å²) in [5, 5.41) is 4.67. The molecule has 0 atom stereocenters. The lowest BCUT2D eigenvalue weighted by Crippen LogP contribution is -2.18. The molecule has 1 saturated carbocycles. The topological polar surface area (TPSA) is 82.8 Å². The normalized spacial score (nSPS) is 16.9. The van der Waals surface area contributed by atoms with Crippen molar-refractivity contribution in [3.05, 3.63) is 47.3 Å². The van der Waals surface area contributed by atoms with Crippen LogP contribution in [-0.4, -0.2) is 33.5 Å². The third-order valence-electron chi connectivity index (χ3n) is 5.50. The number of methoxy groups -OCH3 is 1. The van der Waals surface area contributed by atoms with E-state index in [1.807, 2.05) is 24.3 Å². The van der Waals surface area contributed by atoms with Crippen LogP contribution in [-0.2, 0) is 21.6 Å². The molecule has 0 spiro atoms. The first kappa shape index (κ1) is 16.0. The predicted molar refractivity (Wildman–Crippen MR) is 95.7 cm³/mol. The maximum Gasteiger partial charge on any atom is 0.338 e. The van der Waals surface area contributed by atoms with Crippen molar-refractivity contribution in [3.8, 4) is 17.0 Å². The van der Waals surface area contributed by atoms with E-state index in [0.29, 0.717) is 22.8 Å². The lowest BCUT2D eigenvalue weighted by Gasteiger charge is -2.08. The van der Waals surface area contributed by atoms with Gasteiger partial charge in [0.2, 0.25) is 0 Å². The number of nitrogens with zero attached hydrogens (tertiary/aromatic N) is 3. The second-order valence-corrected chi connectivity index (χ2v) is 7.04. The van der Waals surface area contributed by atoms with Gasteiger partial charge in [0, 0.05) is 11.1 Å². The molecule has 2 aliphatic rings. The fourth-order valence-corrected chi connectivity index (χ4v) is 3.67. The average Bonchev–Trinajstić information content (AvgIpc) is 3.24. The van der Waals surface area contributed by atoms with Crippen LogP contribution in [0.5, 0.6) is 5.75 Å². The first-order valence-electron chi connectivity index (χ1n) is 8.79. The summed E-state index contributed by atoms with van der Waals surface area (Å²) in [6, 6.07) is 9.31. The number of pyridine rings is 1. The van der Waals surface area contributed by atoms with Crippen LogP contribution in [0.4, 0.5) is 0 Å². The number of ether oxygens (including phenoxy) is 2. The van der Waals surface area contributed by atoms with Gasteiger partial charge in [-0.3, -0.25) is 4.79 Å². The number of rotatable bonds is 4. The number of aromatic nitrogens is 3. The molecule has 27 heavy (non-hydrogen) atoms. The summed E-state index contributed by atoms with van der Waals surface area (Å²) >= 11 is 0. The van der Waals surface area contributed by atoms with Gasteiger partial charge in [-0.2, -0.15) is 0 Å². The van der Waals surface area contributed by atoms with Crippen molar-refractivity contribution >= 4 is 17.4 Å². The van der Waals surface area contributed by atoms with E-state index in [-0.39, 0.29) is 18.4 Å². The van der Waals surface area contributed by atoms with E-state index >= 15 is 0 Å². The average molecular weight is 363 g/mol. The molecule has 0 amide bonds. The highest BCUT2D eigenvalue weighted by molar-refractivity contribution is 5.94. The predicted octanol–water partition coefficient (Wildman–Crippen LogP) is 2.70. The molecule has 1 aliphatic carbocycles. The van der Waals surface area contributed by atoms with E-state index in [4.69, 9.17) is 9.47 Å². The first-order chi connectivity index (χ1) is 13.0. The Morgan fingerprint density at radius 2 is 2.07 bits per heavy atom. The quantitative estimate of drug-likeness (QED) is 0.663. The number of carbonyl (C=O) groups is 2. The minimum absolute atomic E-state index is 0.0899. The third-order valence-corrected chi connectivity index (χ3v) is 5.50. The molecule has 3 aromatic rings. The minimum atomic E-state index is -0.563. The van der Waals surface area contributed by atoms with Crippen molar-refractivity contribution in [2.24, 2.45) is 0 Å². The van der Waals surface area contributed by atoms with Crippen LogP contribution in [0.1, 0.15) is 41.5 Å². The zero-order chi connectivity index (χ0) is 18.8. The van der Waals surface area contributed by atoms with Crippen molar-refractivity contribution in [2.45, 2.75) is 31.8 Å². The molecule has 0 N–H and O–H groups in total. The zero-order valence-electron chi connectivity index (χ0n) is 15.0. The highest BCUT2D eigenvalue weighted by atomic mass is 16.5. The standard InChI is InChI=1S/C20H17N3O4/c1-11(24)20(7-8-20)19-21-17-16(26-2)6-5-15(23(17)22-19)12-3-4-14-13(9-12)10-27-18(14)25/h3-6,9H,7-8,10H2,1-2H3. The maximum atomic E-state index is 12.1. The molecular formula is C20H17N3O4. The zero-order valence-corrected chi connectivity index (χ0v) is 15.0. The molecule has 0 unspecified atom stereocenters. The highest BCUT2D eigenvalue weighted by Crippen LogP contribution is 2.48. The number of esters is 1. The first-order valence-corrected chi connectivity index (χ1v) is 8.79. The summed E-state index contributed by atoms with van der Waals surface area (Å²) in [6.45, 7) is 1.87. The Kier molecular flexibility index (Phi) is 3.19. The van der Waals surface area contributed by atoms with Gasteiger partial charge in [-0.1, -0.05) is 6.07 Å². The Labute approximate surface area is 154 Å². The molecule has 0 saturated heterocycles. The number of cyclic esters (lactones) is 1. The number of fused-ring (bicyclic) bond motifs is 2. The molecule has 1 aliphatic heterocycles. The molecule has 0 bridgehead atoms. The van der Waals surface area contributed by atoms with E-state index in [2.05, 4.69) is 10.1 Å². The van der Waals surface area contributed by atoms with Crippen LogP contribution in [0.3, 0.4) is 0 Å². The van der Waals surface area contributed by atoms with E-state index in [0.717, 1.165) is 29.7 Å². The minimum Gasteiger partial charge on any atom is -0.493 e. The van der Waals surface area contributed by atoms with Gasteiger partial charge < -0.3 is 9.47 Å². The molecule has 7 heteroatoms. The number of Topliss-reactive ketones (excluding diaryl/α,β-unsaturated/α-hetero) is 1. The number of hydrogen-bond acceptors (Lipinski definition) is 6. The monoisotopic (exact) mass is 363 g/mol. The van der Waals surface area contributed by atoms with Crippen LogP contribution in [0, 0.1) is 0 Å². The van der Waals surface area contributed by atoms with Crippen molar-refractivity contribution in [1.29, 1.82) is 0 Å². The number of carbonyl (C=O) groups excluding carboxylic acids is 2. The van der Waals surface area contributed by atoms with Crippen LogP contribution >= 0.6 is 0 Å². The summed E-state index contributed by atoms with van der Waals surface area (Å²) < 4.78 is 12.2. The molecule has 2 aromatic heterocycles. The summed E-state index contributed by atoms with van der Waals surface area (Å²) in [4.78, 5) is 28.4. The fraction of sp³-hybridized carbons (Fsp3) is 0.300. The highest BCUT2D eigenvalue weighted by Gasteiger charge is 2.52. The molecule has 5 rings (SSSR count). The summed E-state index contributed by atoms with van der Waals surface area (Å²) in [7, 11) is 1.58. The third kappa shape index (κ3) is 2.21. The molecule has 136 valence electrons. The van der Waals surface area contributed by atoms with Crippen molar-refractivity contribution in [1.82, 2.24) is 14.6 Å². The smallest absolute Gasteiger partial charge is 0.338 e. The van der Waals surface area contributed by atoms with Crippen LogP contribution < -0.4 is 4.74 Å². The van der Waals surface area contributed by atoms with Crippen molar-refractivity contribution in [2.75, 3.05) is 7.11 Å². The maximum absolute atomic E-state index is 12.1. The van der Waals surface area contributed by atoms with Gasteiger partial charge >= 0.3 is 5.97 Å². The molecule has 0 radical (unpaired) electrons. The Morgan fingerprint density at radius 1 is 1.26 bits per heavy atom. The summed E-state index contributed by atoms with van der Waals surface area (Å²) in [5.74, 6) is 0.931.